The Morgan fingerprint density at radius 1 is 1.25 bits per heavy atom. The number of para-hydroxylation sites is 1. The summed E-state index contributed by atoms with van der Waals surface area (Å²) in [5, 5.41) is 3.17. The molecule has 108 valence electrons. The van der Waals surface area contributed by atoms with Crippen molar-refractivity contribution in [3.8, 4) is 0 Å². The number of hydrogen-bond acceptors (Lipinski definition) is 4. The lowest BCUT2D eigenvalue weighted by molar-refractivity contribution is 0.597. The van der Waals surface area contributed by atoms with Crippen molar-refractivity contribution in [2.75, 3.05) is 11.1 Å². The van der Waals surface area contributed by atoms with E-state index in [0.29, 0.717) is 17.1 Å². The smallest absolute Gasteiger partial charge is 0.180 e. The van der Waals surface area contributed by atoms with E-state index >= 15 is 0 Å². The normalized spacial score (nSPS) is 11.5. The molecule has 0 bridgehead atoms. The Bertz CT molecular complexity index is 677. The van der Waals surface area contributed by atoms with Gasteiger partial charge in [0.2, 0.25) is 0 Å². The maximum absolute atomic E-state index is 12.0. The Kier molecular flexibility index (Phi) is 4.44. The van der Waals surface area contributed by atoms with Gasteiger partial charge in [0.05, 0.1) is 22.9 Å². The number of sulfone groups is 1. The van der Waals surface area contributed by atoms with Crippen LogP contribution in [0.3, 0.4) is 0 Å². The van der Waals surface area contributed by atoms with E-state index in [0.717, 1.165) is 12.4 Å². The molecular weight excluding hydrogens is 274 g/mol. The van der Waals surface area contributed by atoms with Crippen molar-refractivity contribution in [2.24, 2.45) is 0 Å². The van der Waals surface area contributed by atoms with Crippen LogP contribution in [0.5, 0.6) is 0 Å². The van der Waals surface area contributed by atoms with Crippen LogP contribution in [0.25, 0.3) is 0 Å². The number of rotatable bonds is 6. The molecule has 6 heteroatoms. The Morgan fingerprint density at radius 3 is 2.70 bits per heavy atom. The van der Waals surface area contributed by atoms with E-state index in [1.165, 1.54) is 0 Å². The van der Waals surface area contributed by atoms with E-state index in [-0.39, 0.29) is 5.75 Å². The average Bonchev–Trinajstić information content (AvgIpc) is 2.93. The number of nitrogens with zero attached hydrogens (tertiary/aromatic N) is 2. The maximum Gasteiger partial charge on any atom is 0.180 e. The summed E-state index contributed by atoms with van der Waals surface area (Å²) in [5.74, 6) is 0.978. The molecular formula is C14H19N3O2S. The first-order valence-electron chi connectivity index (χ1n) is 6.64. The van der Waals surface area contributed by atoms with Gasteiger partial charge in [0.1, 0.15) is 5.82 Å². The molecule has 0 atom stereocenters. The second kappa shape index (κ2) is 6.09. The summed E-state index contributed by atoms with van der Waals surface area (Å²) in [5.41, 5.74) is 0.625. The summed E-state index contributed by atoms with van der Waals surface area (Å²) in [4.78, 5) is 4.61. The van der Waals surface area contributed by atoms with Crippen molar-refractivity contribution in [1.82, 2.24) is 9.55 Å². The highest BCUT2D eigenvalue weighted by Crippen LogP contribution is 2.22. The summed E-state index contributed by atoms with van der Waals surface area (Å²) < 4.78 is 26.1. The molecule has 0 saturated carbocycles. The Balaban J connectivity index is 2.23. The highest BCUT2D eigenvalue weighted by molar-refractivity contribution is 7.91. The van der Waals surface area contributed by atoms with Crippen LogP contribution >= 0.6 is 0 Å². The van der Waals surface area contributed by atoms with Crippen molar-refractivity contribution in [2.45, 2.75) is 31.8 Å². The van der Waals surface area contributed by atoms with Crippen LogP contribution in [0, 0.1) is 0 Å². The lowest BCUT2D eigenvalue weighted by atomic mass is 10.3. The summed E-state index contributed by atoms with van der Waals surface area (Å²) in [6, 6.07) is 6.97. The number of imidazole rings is 1. The van der Waals surface area contributed by atoms with E-state index in [4.69, 9.17) is 0 Å². The molecule has 2 rings (SSSR count). The predicted octanol–water partition coefficient (Wildman–Crippen LogP) is 2.31. The third-order valence-corrected chi connectivity index (χ3v) is 4.97. The van der Waals surface area contributed by atoms with Gasteiger partial charge in [-0.1, -0.05) is 19.1 Å². The molecule has 1 aromatic carbocycles. The topological polar surface area (TPSA) is 64.0 Å². The fourth-order valence-corrected chi connectivity index (χ4v) is 3.08. The number of aromatic nitrogens is 2. The first kappa shape index (κ1) is 14.6. The standard InChI is InChI=1S/C14H19N3O2S/c1-3-17-10-9-15-14(17)11-16-12-7-5-6-8-13(12)20(18,19)4-2/h5-10,16H,3-4,11H2,1-2H3. The first-order chi connectivity index (χ1) is 9.58. The zero-order valence-electron chi connectivity index (χ0n) is 11.7. The fraction of sp³-hybridized carbons (Fsp3) is 0.357. The van der Waals surface area contributed by atoms with Gasteiger partial charge in [0.25, 0.3) is 0 Å². The molecule has 20 heavy (non-hydrogen) atoms. The summed E-state index contributed by atoms with van der Waals surface area (Å²) in [7, 11) is -3.23. The van der Waals surface area contributed by atoms with Crippen LogP contribution in [0.1, 0.15) is 19.7 Å². The number of benzene rings is 1. The van der Waals surface area contributed by atoms with Crippen LogP contribution in [0.4, 0.5) is 5.69 Å². The molecule has 1 aromatic heterocycles. The SMILES string of the molecule is CCn1ccnc1CNc1ccccc1S(=O)(=O)CC. The molecule has 0 aliphatic carbocycles. The van der Waals surface area contributed by atoms with Crippen molar-refractivity contribution in [3.05, 3.63) is 42.5 Å². The van der Waals surface area contributed by atoms with Crippen molar-refractivity contribution in [3.63, 3.8) is 0 Å². The van der Waals surface area contributed by atoms with Crippen LogP contribution in [-0.2, 0) is 22.9 Å². The molecule has 0 spiro atoms. The van der Waals surface area contributed by atoms with Crippen LogP contribution in [0.2, 0.25) is 0 Å². The van der Waals surface area contributed by atoms with Gasteiger partial charge in [-0.15, -0.1) is 0 Å². The maximum atomic E-state index is 12.0. The van der Waals surface area contributed by atoms with Gasteiger partial charge < -0.3 is 9.88 Å². The fourth-order valence-electron chi connectivity index (χ4n) is 2.01. The second-order valence-electron chi connectivity index (χ2n) is 4.38. The molecule has 0 fully saturated rings. The summed E-state index contributed by atoms with van der Waals surface area (Å²) in [6.07, 6.45) is 3.65. The Labute approximate surface area is 119 Å². The Morgan fingerprint density at radius 2 is 2.00 bits per heavy atom. The quantitative estimate of drug-likeness (QED) is 0.887. The van der Waals surface area contributed by atoms with E-state index in [2.05, 4.69) is 10.3 Å². The number of hydrogen-bond donors (Lipinski definition) is 1. The monoisotopic (exact) mass is 293 g/mol. The molecule has 0 aliphatic heterocycles. The minimum absolute atomic E-state index is 0.0925. The van der Waals surface area contributed by atoms with Gasteiger partial charge in [0.15, 0.2) is 9.84 Å². The van der Waals surface area contributed by atoms with Crippen LogP contribution < -0.4 is 5.32 Å². The second-order valence-corrected chi connectivity index (χ2v) is 6.63. The van der Waals surface area contributed by atoms with E-state index < -0.39 is 9.84 Å². The molecule has 0 radical (unpaired) electrons. The minimum Gasteiger partial charge on any atom is -0.377 e. The molecule has 0 saturated heterocycles. The summed E-state index contributed by atoms with van der Waals surface area (Å²) in [6.45, 7) is 5.03. The molecule has 0 aliphatic rings. The third kappa shape index (κ3) is 3.01. The van der Waals surface area contributed by atoms with Gasteiger partial charge in [-0.05, 0) is 19.1 Å². The van der Waals surface area contributed by atoms with Gasteiger partial charge in [0, 0.05) is 18.9 Å². The Hall–Kier alpha value is -1.82. The lowest BCUT2D eigenvalue weighted by Gasteiger charge is -2.12. The van der Waals surface area contributed by atoms with Crippen molar-refractivity contribution in [1.29, 1.82) is 0 Å². The van der Waals surface area contributed by atoms with Crippen molar-refractivity contribution >= 4 is 15.5 Å². The molecule has 2 aromatic rings. The van der Waals surface area contributed by atoms with Crippen molar-refractivity contribution < 1.29 is 8.42 Å². The molecule has 1 N–H and O–H groups in total. The third-order valence-electron chi connectivity index (χ3n) is 3.18. The summed E-state index contributed by atoms with van der Waals surface area (Å²) >= 11 is 0. The predicted molar refractivity (Wildman–Crippen MR) is 79.4 cm³/mol. The van der Waals surface area contributed by atoms with Gasteiger partial charge in [-0.2, -0.15) is 0 Å². The average molecular weight is 293 g/mol. The van der Waals surface area contributed by atoms with Crippen LogP contribution in [-0.4, -0.2) is 23.7 Å². The van der Waals surface area contributed by atoms with Gasteiger partial charge in [-0.25, -0.2) is 13.4 Å². The molecule has 0 amide bonds. The van der Waals surface area contributed by atoms with Crippen LogP contribution in [0.15, 0.2) is 41.6 Å². The first-order valence-corrected chi connectivity index (χ1v) is 8.29. The zero-order chi connectivity index (χ0) is 14.6. The molecule has 0 unspecified atom stereocenters. The van der Waals surface area contributed by atoms with Gasteiger partial charge in [-0.3, -0.25) is 0 Å². The van der Waals surface area contributed by atoms with E-state index in [1.54, 1.807) is 31.3 Å². The zero-order valence-corrected chi connectivity index (χ0v) is 12.5. The van der Waals surface area contributed by atoms with Gasteiger partial charge >= 0.3 is 0 Å². The number of aryl methyl sites for hydroxylation is 1. The lowest BCUT2D eigenvalue weighted by Crippen LogP contribution is -2.11. The molecule has 1 heterocycles. The highest BCUT2D eigenvalue weighted by Gasteiger charge is 2.16. The number of nitrogens with one attached hydrogen (secondary N) is 1. The molecule has 5 nitrogen and oxygen atoms in total. The van der Waals surface area contributed by atoms with E-state index in [9.17, 15) is 8.42 Å². The highest BCUT2D eigenvalue weighted by atomic mass is 32.2. The number of anilines is 1. The minimum atomic E-state index is -3.23. The van der Waals surface area contributed by atoms with E-state index in [1.807, 2.05) is 23.8 Å². The largest absolute Gasteiger partial charge is 0.377 e.